The van der Waals surface area contributed by atoms with Gasteiger partial charge in [-0.15, -0.1) is 0 Å². The van der Waals surface area contributed by atoms with Gasteiger partial charge >= 0.3 is 5.97 Å². The van der Waals surface area contributed by atoms with Crippen molar-refractivity contribution in [3.05, 3.63) is 29.3 Å². The Balaban J connectivity index is 1.94. The summed E-state index contributed by atoms with van der Waals surface area (Å²) in [5, 5.41) is 0. The van der Waals surface area contributed by atoms with Crippen LogP contribution in [-0.2, 0) is 14.3 Å². The van der Waals surface area contributed by atoms with Gasteiger partial charge in [-0.25, -0.2) is 9.18 Å². The molecule has 4 nitrogen and oxygen atoms in total. The molecule has 2 fully saturated rings. The van der Waals surface area contributed by atoms with E-state index in [4.69, 9.17) is 14.2 Å². The Morgan fingerprint density at radius 2 is 2.09 bits per heavy atom. The standard InChI is InChI=1S/C17H20F2O4/c1-3-22-17(20)16-11(8-13(23-16)9-4-5-9)10-6-7-12(18)14(19)15(10)21-2/h6-7,9,11,13,16H,3-5,8H2,1-2H3. The number of benzene rings is 1. The fourth-order valence-corrected chi connectivity index (χ4v) is 3.26. The van der Waals surface area contributed by atoms with E-state index in [2.05, 4.69) is 0 Å². The first-order valence-corrected chi connectivity index (χ1v) is 7.90. The molecule has 1 saturated carbocycles. The summed E-state index contributed by atoms with van der Waals surface area (Å²) in [7, 11) is 1.29. The third-order valence-electron chi connectivity index (χ3n) is 4.52. The molecule has 1 aliphatic carbocycles. The van der Waals surface area contributed by atoms with E-state index in [1.807, 2.05) is 0 Å². The molecule has 2 aliphatic rings. The van der Waals surface area contributed by atoms with Gasteiger partial charge in [-0.2, -0.15) is 4.39 Å². The zero-order valence-corrected chi connectivity index (χ0v) is 13.2. The summed E-state index contributed by atoms with van der Waals surface area (Å²) in [4.78, 5) is 12.2. The minimum absolute atomic E-state index is 0.0489. The Labute approximate surface area is 133 Å². The third kappa shape index (κ3) is 3.04. The molecule has 0 aromatic heterocycles. The normalized spacial score (nSPS) is 27.0. The van der Waals surface area contributed by atoms with Crippen LogP contribution in [0, 0.1) is 17.6 Å². The van der Waals surface area contributed by atoms with E-state index in [1.54, 1.807) is 6.92 Å². The number of hydrogen-bond acceptors (Lipinski definition) is 4. The van der Waals surface area contributed by atoms with Gasteiger partial charge in [0.1, 0.15) is 0 Å². The molecular formula is C17H20F2O4. The van der Waals surface area contributed by atoms with Crippen molar-refractivity contribution in [2.45, 2.75) is 44.3 Å². The molecule has 1 aromatic rings. The van der Waals surface area contributed by atoms with Gasteiger partial charge in [0.15, 0.2) is 17.7 Å². The van der Waals surface area contributed by atoms with Crippen molar-refractivity contribution in [2.75, 3.05) is 13.7 Å². The molecule has 23 heavy (non-hydrogen) atoms. The summed E-state index contributed by atoms with van der Waals surface area (Å²) in [6.07, 6.45) is 1.87. The molecule has 1 heterocycles. The van der Waals surface area contributed by atoms with Crippen molar-refractivity contribution in [1.82, 2.24) is 0 Å². The fraction of sp³-hybridized carbons (Fsp3) is 0.588. The van der Waals surface area contributed by atoms with Gasteiger partial charge in [0, 0.05) is 11.5 Å². The third-order valence-corrected chi connectivity index (χ3v) is 4.52. The van der Waals surface area contributed by atoms with E-state index in [-0.39, 0.29) is 18.5 Å². The van der Waals surface area contributed by atoms with Gasteiger partial charge in [0.25, 0.3) is 0 Å². The summed E-state index contributed by atoms with van der Waals surface area (Å²) in [6.45, 7) is 1.97. The summed E-state index contributed by atoms with van der Waals surface area (Å²) in [5.41, 5.74) is 0.451. The molecule has 0 N–H and O–H groups in total. The lowest BCUT2D eigenvalue weighted by Gasteiger charge is -2.20. The molecular weight excluding hydrogens is 306 g/mol. The van der Waals surface area contributed by atoms with Crippen LogP contribution in [0.15, 0.2) is 12.1 Å². The Morgan fingerprint density at radius 1 is 1.35 bits per heavy atom. The zero-order chi connectivity index (χ0) is 16.6. The van der Waals surface area contributed by atoms with Crippen molar-refractivity contribution in [1.29, 1.82) is 0 Å². The second kappa shape index (κ2) is 6.43. The summed E-state index contributed by atoms with van der Waals surface area (Å²) in [5.74, 6) is -2.60. The Morgan fingerprint density at radius 3 is 2.70 bits per heavy atom. The fourth-order valence-electron chi connectivity index (χ4n) is 3.26. The van der Waals surface area contributed by atoms with Crippen LogP contribution in [0.3, 0.4) is 0 Å². The second-order valence-corrected chi connectivity index (χ2v) is 6.01. The average molecular weight is 326 g/mol. The van der Waals surface area contributed by atoms with Gasteiger partial charge in [0.2, 0.25) is 5.82 Å². The number of hydrogen-bond donors (Lipinski definition) is 0. The minimum Gasteiger partial charge on any atom is -0.493 e. The largest absolute Gasteiger partial charge is 0.493 e. The monoisotopic (exact) mass is 326 g/mol. The van der Waals surface area contributed by atoms with Crippen LogP contribution in [0.5, 0.6) is 5.75 Å². The Bertz CT molecular complexity index is 601. The zero-order valence-electron chi connectivity index (χ0n) is 13.2. The molecule has 0 spiro atoms. The predicted octanol–water partition coefficient (Wildman–Crippen LogP) is 3.19. The molecule has 126 valence electrons. The van der Waals surface area contributed by atoms with Crippen LogP contribution >= 0.6 is 0 Å². The topological polar surface area (TPSA) is 44.8 Å². The summed E-state index contributed by atoms with van der Waals surface area (Å²) < 4.78 is 43.5. The smallest absolute Gasteiger partial charge is 0.335 e. The first-order valence-electron chi connectivity index (χ1n) is 7.90. The van der Waals surface area contributed by atoms with Crippen LogP contribution in [-0.4, -0.2) is 31.9 Å². The van der Waals surface area contributed by atoms with E-state index < -0.39 is 29.6 Å². The first-order chi connectivity index (χ1) is 11.1. The summed E-state index contributed by atoms with van der Waals surface area (Å²) in [6, 6.07) is 2.52. The second-order valence-electron chi connectivity index (χ2n) is 6.01. The van der Waals surface area contributed by atoms with Crippen molar-refractivity contribution >= 4 is 5.97 Å². The SMILES string of the molecule is CCOC(=O)C1OC(C2CC2)CC1c1ccc(F)c(F)c1OC. The molecule has 6 heteroatoms. The maximum Gasteiger partial charge on any atom is 0.335 e. The van der Waals surface area contributed by atoms with Crippen LogP contribution in [0.2, 0.25) is 0 Å². The quantitative estimate of drug-likeness (QED) is 0.780. The Hall–Kier alpha value is -1.69. The molecule has 1 saturated heterocycles. The lowest BCUT2D eigenvalue weighted by atomic mass is 9.89. The number of rotatable bonds is 5. The van der Waals surface area contributed by atoms with E-state index in [0.29, 0.717) is 17.9 Å². The minimum atomic E-state index is -1.04. The van der Waals surface area contributed by atoms with Crippen LogP contribution < -0.4 is 4.74 Å². The highest BCUT2D eigenvalue weighted by Crippen LogP contribution is 2.48. The maximum atomic E-state index is 14.0. The number of carbonyl (C=O) groups excluding carboxylic acids is 1. The van der Waals surface area contributed by atoms with Crippen molar-refractivity contribution in [2.24, 2.45) is 5.92 Å². The highest BCUT2D eigenvalue weighted by atomic mass is 19.2. The van der Waals surface area contributed by atoms with Gasteiger partial charge in [-0.05, 0) is 38.2 Å². The van der Waals surface area contributed by atoms with Gasteiger partial charge in [-0.3, -0.25) is 0 Å². The van der Waals surface area contributed by atoms with Crippen LogP contribution in [0.25, 0.3) is 0 Å². The van der Waals surface area contributed by atoms with Gasteiger partial charge in [-0.1, -0.05) is 6.07 Å². The number of esters is 1. The van der Waals surface area contributed by atoms with Crippen molar-refractivity contribution in [3.8, 4) is 5.75 Å². The molecule has 0 bridgehead atoms. The van der Waals surface area contributed by atoms with Gasteiger partial charge in [0.05, 0.1) is 19.8 Å². The molecule has 3 unspecified atom stereocenters. The molecule has 3 atom stereocenters. The maximum absolute atomic E-state index is 14.0. The van der Waals surface area contributed by atoms with Crippen molar-refractivity contribution in [3.63, 3.8) is 0 Å². The van der Waals surface area contributed by atoms with E-state index in [0.717, 1.165) is 18.9 Å². The van der Waals surface area contributed by atoms with E-state index in [1.165, 1.54) is 13.2 Å². The average Bonchev–Trinajstić information content (AvgIpc) is 3.29. The highest BCUT2D eigenvalue weighted by Gasteiger charge is 2.48. The molecule has 1 aromatic carbocycles. The van der Waals surface area contributed by atoms with Crippen molar-refractivity contribution < 1.29 is 27.8 Å². The van der Waals surface area contributed by atoms with E-state index in [9.17, 15) is 13.6 Å². The molecule has 1 aliphatic heterocycles. The number of halogens is 2. The molecule has 0 radical (unpaired) electrons. The van der Waals surface area contributed by atoms with E-state index >= 15 is 0 Å². The van der Waals surface area contributed by atoms with Crippen LogP contribution in [0.4, 0.5) is 8.78 Å². The molecule has 3 rings (SSSR count). The highest BCUT2D eigenvalue weighted by molar-refractivity contribution is 5.77. The van der Waals surface area contributed by atoms with Gasteiger partial charge < -0.3 is 14.2 Å². The molecule has 0 amide bonds. The lowest BCUT2D eigenvalue weighted by molar-refractivity contribution is -0.156. The van der Waals surface area contributed by atoms with Crippen LogP contribution in [0.1, 0.15) is 37.7 Å². The number of carbonyl (C=O) groups is 1. The first kappa shape index (κ1) is 16.2. The number of methoxy groups -OCH3 is 1. The lowest BCUT2D eigenvalue weighted by Crippen LogP contribution is -2.28. The Kier molecular flexibility index (Phi) is 4.53. The predicted molar refractivity (Wildman–Crippen MR) is 78.3 cm³/mol. The number of ether oxygens (including phenoxy) is 3. The summed E-state index contributed by atoms with van der Waals surface area (Å²) >= 11 is 0.